The molecule has 4 rings (SSSR count). The monoisotopic (exact) mass is 771 g/mol. The van der Waals surface area contributed by atoms with Gasteiger partial charge in [-0.3, -0.25) is 9.59 Å². The Balaban J connectivity index is 1.62. The smallest absolute Gasteiger partial charge is 0.318 e. The molecule has 0 bridgehead atoms. The molecule has 0 radical (unpaired) electrons. The van der Waals surface area contributed by atoms with Crippen molar-refractivity contribution in [2.24, 2.45) is 11.8 Å². The summed E-state index contributed by atoms with van der Waals surface area (Å²) in [7, 11) is 0. The first-order valence-electron chi connectivity index (χ1n) is 17.7. The quantitative estimate of drug-likeness (QED) is 0.0604. The summed E-state index contributed by atoms with van der Waals surface area (Å²) in [6, 6.07) is 16.2. The van der Waals surface area contributed by atoms with Crippen LogP contribution in [0.1, 0.15) is 55.4 Å². The fourth-order valence-corrected chi connectivity index (χ4v) is 6.80. The molecule has 300 valence electrons. The van der Waals surface area contributed by atoms with Crippen LogP contribution in [0, 0.1) is 11.8 Å². The Kier molecular flexibility index (Phi) is 14.0. The van der Waals surface area contributed by atoms with Gasteiger partial charge in [-0.2, -0.15) is 0 Å². The molecule has 4 unspecified atom stereocenters. The Morgan fingerprint density at radius 1 is 0.836 bits per heavy atom. The number of rotatable bonds is 18. The minimum absolute atomic E-state index is 0.0542. The van der Waals surface area contributed by atoms with E-state index in [1.165, 1.54) is 4.90 Å². The van der Waals surface area contributed by atoms with Crippen molar-refractivity contribution in [2.75, 3.05) is 19.7 Å². The predicted octanol–water partition coefficient (Wildman–Crippen LogP) is 0.0931. The van der Waals surface area contributed by atoms with Gasteiger partial charge in [-0.15, -0.1) is 0 Å². The lowest BCUT2D eigenvalue weighted by Gasteiger charge is -2.37. The van der Waals surface area contributed by atoms with E-state index in [2.05, 4.69) is 10.6 Å². The summed E-state index contributed by atoms with van der Waals surface area (Å²) in [5.41, 5.74) is -1.52. The van der Waals surface area contributed by atoms with Gasteiger partial charge in [0.2, 0.25) is 11.7 Å². The van der Waals surface area contributed by atoms with Gasteiger partial charge in [0, 0.05) is 25.6 Å². The predicted molar refractivity (Wildman–Crippen MR) is 193 cm³/mol. The zero-order valence-corrected chi connectivity index (χ0v) is 30.4. The molecule has 17 nitrogen and oxygen atoms in total. The molecule has 3 aromatic carbocycles. The van der Waals surface area contributed by atoms with Gasteiger partial charge in [-0.05, 0) is 48.6 Å². The number of aliphatic hydroxyl groups excluding tert-OH is 1. The normalized spacial score (nSPS) is 15.9. The number of carbonyl (C=O) groups excluding carboxylic acids is 3. The number of phenols is 3. The minimum atomic E-state index is -4.07. The molecule has 3 amide bonds. The topological polar surface area (TPSA) is 290 Å². The number of aromatic hydroxyl groups is 3. The number of hydrogen-bond donors (Lipinski definition) is 12. The van der Waals surface area contributed by atoms with Crippen LogP contribution in [0.5, 0.6) is 23.0 Å². The van der Waals surface area contributed by atoms with Gasteiger partial charge in [0.15, 0.2) is 17.3 Å². The molecule has 17 heteroatoms. The second-order valence-electron chi connectivity index (χ2n) is 14.0. The van der Waals surface area contributed by atoms with Gasteiger partial charge in [-0.1, -0.05) is 74.5 Å². The fourth-order valence-electron chi connectivity index (χ4n) is 6.80. The highest BCUT2D eigenvalue weighted by Gasteiger charge is 2.43. The van der Waals surface area contributed by atoms with Crippen molar-refractivity contribution >= 4 is 17.7 Å². The maximum Gasteiger partial charge on any atom is 0.318 e. The lowest BCUT2D eigenvalue weighted by molar-refractivity contribution is -0.329. The maximum absolute atomic E-state index is 13.9. The van der Waals surface area contributed by atoms with Gasteiger partial charge >= 0.3 is 18.0 Å². The lowest BCUT2D eigenvalue weighted by atomic mass is 9.85. The molecule has 0 aromatic heterocycles. The second kappa shape index (κ2) is 18.1. The third-order valence-corrected chi connectivity index (χ3v) is 9.35. The third-order valence-electron chi connectivity index (χ3n) is 9.35. The standard InChI is InChI=1S/C38H49N3O14/c1-21(2)30(41-15-9-14-39-36(41)48)35(47)40-25(17-23-12-7-4-8-13-23)19-27(43)24(16-22-10-5-3-6-11-22)18-26(42)20-55-34-28(37(49,50)51)31(44)33(46)32(45)29(34)38(52,53)54/h3-8,10-13,21,24-25,27,30,43-46,49-54H,9,14-20H2,1-2H3,(H,39,48)(H,40,47). The lowest BCUT2D eigenvalue weighted by Crippen LogP contribution is -2.59. The maximum atomic E-state index is 13.9. The zero-order chi connectivity index (χ0) is 40.7. The molecule has 0 spiro atoms. The van der Waals surface area contributed by atoms with Crippen molar-refractivity contribution in [1.82, 2.24) is 15.5 Å². The molecular weight excluding hydrogens is 722 g/mol. The molecule has 3 aromatic rings. The number of Topliss-reactive ketones (excluding diaryl/α,β-unsaturated/α-hetero) is 1. The van der Waals surface area contributed by atoms with Crippen LogP contribution in [0.25, 0.3) is 0 Å². The molecular formula is C38H49N3O14. The van der Waals surface area contributed by atoms with Crippen LogP contribution in [0.3, 0.4) is 0 Å². The highest BCUT2D eigenvalue weighted by atomic mass is 16.7. The van der Waals surface area contributed by atoms with Crippen LogP contribution in [0.2, 0.25) is 0 Å². The van der Waals surface area contributed by atoms with E-state index in [1.807, 2.05) is 44.2 Å². The molecule has 1 heterocycles. The number of amides is 3. The van der Waals surface area contributed by atoms with Crippen LogP contribution in [0.4, 0.5) is 4.79 Å². The highest BCUT2D eigenvalue weighted by molar-refractivity contribution is 5.88. The summed E-state index contributed by atoms with van der Waals surface area (Å²) in [5, 5.41) is 107. The van der Waals surface area contributed by atoms with Gasteiger partial charge in [0.1, 0.15) is 29.5 Å². The number of nitrogens with zero attached hydrogens (tertiary/aromatic N) is 1. The summed E-state index contributed by atoms with van der Waals surface area (Å²) in [4.78, 5) is 41.6. The molecule has 12 N–H and O–H groups in total. The average molecular weight is 772 g/mol. The van der Waals surface area contributed by atoms with Gasteiger partial charge in [-0.25, -0.2) is 4.79 Å². The van der Waals surface area contributed by atoms with E-state index < -0.39 is 94.9 Å². The number of ether oxygens (including phenoxy) is 1. The summed E-state index contributed by atoms with van der Waals surface area (Å²) in [6.45, 7) is 3.46. The summed E-state index contributed by atoms with van der Waals surface area (Å²) in [5.74, 6) is -16.6. The average Bonchev–Trinajstić information content (AvgIpc) is 3.10. The van der Waals surface area contributed by atoms with Crippen molar-refractivity contribution < 1.29 is 70.2 Å². The molecule has 0 aliphatic carbocycles. The number of ketones is 1. The first-order chi connectivity index (χ1) is 25.8. The Morgan fingerprint density at radius 2 is 1.36 bits per heavy atom. The molecule has 55 heavy (non-hydrogen) atoms. The van der Waals surface area contributed by atoms with Crippen molar-refractivity contribution in [3.05, 3.63) is 82.9 Å². The van der Waals surface area contributed by atoms with Crippen molar-refractivity contribution in [1.29, 1.82) is 0 Å². The Hall–Kier alpha value is -5.01. The molecule has 1 fully saturated rings. The van der Waals surface area contributed by atoms with Gasteiger partial charge in [0.25, 0.3) is 0 Å². The van der Waals surface area contributed by atoms with E-state index in [-0.39, 0.29) is 31.2 Å². The first kappa shape index (κ1) is 42.7. The van der Waals surface area contributed by atoms with E-state index in [4.69, 9.17) is 4.74 Å². The van der Waals surface area contributed by atoms with E-state index in [1.54, 1.807) is 30.3 Å². The first-order valence-corrected chi connectivity index (χ1v) is 17.7. The van der Waals surface area contributed by atoms with Gasteiger partial charge in [0.05, 0.1) is 6.10 Å². The van der Waals surface area contributed by atoms with Crippen LogP contribution in [-0.4, -0.2) is 112 Å². The molecule has 1 saturated heterocycles. The van der Waals surface area contributed by atoms with Crippen molar-refractivity contribution in [3.8, 4) is 23.0 Å². The Bertz CT molecular complexity index is 1740. The molecule has 0 saturated carbocycles. The number of carbonyl (C=O) groups is 3. The molecule has 1 aliphatic heterocycles. The zero-order valence-electron chi connectivity index (χ0n) is 30.4. The molecule has 1 aliphatic rings. The second-order valence-corrected chi connectivity index (χ2v) is 14.0. The Labute approximate surface area is 316 Å². The summed E-state index contributed by atoms with van der Waals surface area (Å²) >= 11 is 0. The number of nitrogens with one attached hydrogen (secondary N) is 2. The third kappa shape index (κ3) is 11.0. The number of aliphatic hydroxyl groups is 7. The largest absolute Gasteiger partial charge is 0.504 e. The molecule has 4 atom stereocenters. The Morgan fingerprint density at radius 3 is 1.85 bits per heavy atom. The van der Waals surface area contributed by atoms with Crippen molar-refractivity contribution in [2.45, 2.75) is 76.1 Å². The highest BCUT2D eigenvalue weighted by Crippen LogP contribution is 2.52. The minimum Gasteiger partial charge on any atom is -0.504 e. The fraction of sp³-hybridized carbons (Fsp3) is 0.447. The number of urea groups is 1. The van der Waals surface area contributed by atoms with E-state index in [9.17, 15) is 65.4 Å². The van der Waals surface area contributed by atoms with E-state index in [0.717, 1.165) is 11.1 Å². The van der Waals surface area contributed by atoms with Gasteiger partial charge < -0.3 is 71.3 Å². The van der Waals surface area contributed by atoms with Crippen molar-refractivity contribution in [3.63, 3.8) is 0 Å². The van der Waals surface area contributed by atoms with E-state index in [0.29, 0.717) is 19.5 Å². The van der Waals surface area contributed by atoms with Crippen LogP contribution >= 0.6 is 0 Å². The summed E-state index contributed by atoms with van der Waals surface area (Å²) < 4.78 is 5.24. The number of hydrogen-bond acceptors (Lipinski definition) is 14. The van der Waals surface area contributed by atoms with E-state index >= 15 is 0 Å². The number of phenolic OH excluding ortho intramolecular Hbond substituents is 3. The van der Waals surface area contributed by atoms with Crippen LogP contribution in [0.15, 0.2) is 60.7 Å². The SMILES string of the molecule is CC(C)C(C(=O)NC(Cc1ccccc1)CC(O)C(CC(=O)COc1c(C(O)(O)O)c(O)c(O)c(O)c1C(O)(O)O)Cc1ccccc1)N1CCCNC1=O. The summed E-state index contributed by atoms with van der Waals surface area (Å²) in [6.07, 6.45) is -0.669. The van der Waals surface area contributed by atoms with Crippen LogP contribution < -0.4 is 15.4 Å². The van der Waals surface area contributed by atoms with Crippen LogP contribution in [-0.2, 0) is 34.4 Å². The number of benzene rings is 3.